The first-order valence-electron chi connectivity index (χ1n) is 7.42. The molecule has 0 radical (unpaired) electrons. The lowest BCUT2D eigenvalue weighted by atomic mass is 10.3. The summed E-state index contributed by atoms with van der Waals surface area (Å²) in [5.74, 6) is -0.475. The molecule has 0 saturated carbocycles. The number of benzene rings is 1. The van der Waals surface area contributed by atoms with E-state index in [0.717, 1.165) is 10.2 Å². The predicted octanol–water partition coefficient (Wildman–Crippen LogP) is 1.64. The lowest BCUT2D eigenvalue weighted by molar-refractivity contribution is 0.0947. The molecule has 0 fully saturated rings. The van der Waals surface area contributed by atoms with E-state index in [1.807, 2.05) is 24.3 Å². The van der Waals surface area contributed by atoms with Crippen molar-refractivity contribution in [3.8, 4) is 0 Å². The van der Waals surface area contributed by atoms with Crippen molar-refractivity contribution in [2.24, 2.45) is 0 Å². The first-order valence-corrected chi connectivity index (χ1v) is 8.23. The van der Waals surface area contributed by atoms with Crippen LogP contribution in [0.25, 0.3) is 10.2 Å². The highest BCUT2D eigenvalue weighted by Crippen LogP contribution is 2.21. The summed E-state index contributed by atoms with van der Waals surface area (Å²) < 4.78 is 0.985. The third kappa shape index (κ3) is 3.90. The molecule has 0 aliphatic carbocycles. The smallest absolute Gasteiger partial charge is 0.280 e. The molecule has 122 valence electrons. The van der Waals surface area contributed by atoms with Gasteiger partial charge in [0.05, 0.1) is 16.4 Å². The zero-order valence-corrected chi connectivity index (χ0v) is 13.5. The quantitative estimate of drug-likeness (QED) is 0.664. The van der Waals surface area contributed by atoms with E-state index in [0.29, 0.717) is 24.5 Å². The fourth-order valence-corrected chi connectivity index (χ4v) is 2.93. The Morgan fingerprint density at radius 2 is 1.83 bits per heavy atom. The molecule has 3 rings (SSSR count). The summed E-state index contributed by atoms with van der Waals surface area (Å²) in [4.78, 5) is 35.9. The van der Waals surface area contributed by atoms with Crippen LogP contribution in [0.3, 0.4) is 0 Å². The van der Waals surface area contributed by atoms with Gasteiger partial charge in [-0.3, -0.25) is 14.6 Å². The van der Waals surface area contributed by atoms with E-state index in [9.17, 15) is 9.59 Å². The Morgan fingerprint density at radius 1 is 1.04 bits per heavy atom. The van der Waals surface area contributed by atoms with Crippen molar-refractivity contribution in [2.75, 3.05) is 13.1 Å². The summed E-state index contributed by atoms with van der Waals surface area (Å²) in [5.41, 5.74) is 1.10. The predicted molar refractivity (Wildman–Crippen MR) is 90.9 cm³/mol. The van der Waals surface area contributed by atoms with E-state index in [1.54, 1.807) is 0 Å². The number of nitrogens with one attached hydrogen (secondary N) is 2. The molecule has 2 amide bonds. The number of rotatable bonds is 6. The average Bonchev–Trinajstić information content (AvgIpc) is 3.06. The molecule has 8 heteroatoms. The molecule has 0 bridgehead atoms. The highest BCUT2D eigenvalue weighted by atomic mass is 32.1. The number of carbonyl (C=O) groups is 2. The second kappa shape index (κ2) is 7.60. The van der Waals surface area contributed by atoms with Gasteiger partial charge < -0.3 is 10.6 Å². The Kier molecular flexibility index (Phi) is 5.07. The van der Waals surface area contributed by atoms with Gasteiger partial charge in [0.15, 0.2) is 5.01 Å². The Balaban J connectivity index is 1.41. The molecular formula is C16H15N5O2S. The zero-order valence-electron chi connectivity index (χ0n) is 12.7. The number of hydrogen-bond acceptors (Lipinski definition) is 6. The maximum absolute atomic E-state index is 12.1. The number of carbonyl (C=O) groups excluding carboxylic acids is 2. The van der Waals surface area contributed by atoms with Crippen LogP contribution < -0.4 is 10.6 Å². The number of thiazole rings is 1. The van der Waals surface area contributed by atoms with E-state index >= 15 is 0 Å². The number of hydrogen-bond donors (Lipinski definition) is 2. The molecule has 7 nitrogen and oxygen atoms in total. The molecule has 1 aromatic carbocycles. The number of para-hydroxylation sites is 1. The minimum Gasteiger partial charge on any atom is -0.351 e. The van der Waals surface area contributed by atoms with Gasteiger partial charge in [-0.25, -0.2) is 9.97 Å². The van der Waals surface area contributed by atoms with Gasteiger partial charge in [-0.05, 0) is 18.6 Å². The summed E-state index contributed by atoms with van der Waals surface area (Å²) in [7, 11) is 0. The highest BCUT2D eigenvalue weighted by molar-refractivity contribution is 7.20. The number of fused-ring (bicyclic) bond motifs is 1. The minimum absolute atomic E-state index is 0.198. The average molecular weight is 341 g/mol. The third-order valence-electron chi connectivity index (χ3n) is 3.21. The zero-order chi connectivity index (χ0) is 16.8. The number of aromatic nitrogens is 3. The van der Waals surface area contributed by atoms with Crippen molar-refractivity contribution in [3.05, 3.63) is 53.6 Å². The topological polar surface area (TPSA) is 96.9 Å². The van der Waals surface area contributed by atoms with Crippen LogP contribution in [0.2, 0.25) is 0 Å². The van der Waals surface area contributed by atoms with Crippen LogP contribution in [-0.2, 0) is 0 Å². The first kappa shape index (κ1) is 16.0. The number of amides is 2. The molecule has 0 aliphatic heterocycles. The van der Waals surface area contributed by atoms with Gasteiger partial charge in [0, 0.05) is 25.5 Å². The van der Waals surface area contributed by atoms with Crippen molar-refractivity contribution in [1.82, 2.24) is 25.6 Å². The summed E-state index contributed by atoms with van der Waals surface area (Å²) >= 11 is 1.36. The van der Waals surface area contributed by atoms with Crippen molar-refractivity contribution >= 4 is 33.4 Å². The van der Waals surface area contributed by atoms with Gasteiger partial charge in [0.25, 0.3) is 11.8 Å². The van der Waals surface area contributed by atoms with Crippen LogP contribution in [-0.4, -0.2) is 39.9 Å². The molecular weight excluding hydrogens is 326 g/mol. The minimum atomic E-state index is -0.277. The second-order valence-electron chi connectivity index (χ2n) is 4.94. The van der Waals surface area contributed by atoms with Gasteiger partial charge in [-0.15, -0.1) is 11.3 Å². The fraction of sp³-hybridized carbons (Fsp3) is 0.188. The molecule has 0 aliphatic rings. The molecule has 0 unspecified atom stereocenters. The Bertz CT molecular complexity index is 817. The normalized spacial score (nSPS) is 10.5. The molecule has 2 heterocycles. The van der Waals surface area contributed by atoms with Crippen LogP contribution in [0.1, 0.15) is 26.7 Å². The largest absolute Gasteiger partial charge is 0.351 e. The van der Waals surface area contributed by atoms with Gasteiger partial charge >= 0.3 is 0 Å². The van der Waals surface area contributed by atoms with Crippen molar-refractivity contribution in [1.29, 1.82) is 0 Å². The van der Waals surface area contributed by atoms with E-state index in [2.05, 4.69) is 25.6 Å². The molecule has 24 heavy (non-hydrogen) atoms. The van der Waals surface area contributed by atoms with Crippen molar-refractivity contribution < 1.29 is 9.59 Å². The molecule has 3 aromatic rings. The summed E-state index contributed by atoms with van der Waals surface area (Å²) in [6.07, 6.45) is 4.99. The molecule has 0 saturated heterocycles. The molecule has 2 aromatic heterocycles. The third-order valence-corrected chi connectivity index (χ3v) is 4.24. The van der Waals surface area contributed by atoms with Crippen LogP contribution in [0.5, 0.6) is 0 Å². The van der Waals surface area contributed by atoms with Gasteiger partial charge in [0.1, 0.15) is 5.69 Å². The standard InChI is InChI=1S/C16H15N5O2S/c22-14(12-10-17-8-9-18-12)19-6-3-7-20-15(23)16-21-11-4-1-2-5-13(11)24-16/h1-2,4-5,8-10H,3,6-7H2,(H,19,22)(H,20,23). The van der Waals surface area contributed by atoms with Crippen LogP contribution >= 0.6 is 11.3 Å². The molecule has 0 atom stereocenters. The Morgan fingerprint density at radius 3 is 2.58 bits per heavy atom. The monoisotopic (exact) mass is 341 g/mol. The molecule has 2 N–H and O–H groups in total. The van der Waals surface area contributed by atoms with Gasteiger partial charge in [0.2, 0.25) is 0 Å². The Labute approximate surface area is 142 Å². The maximum Gasteiger partial charge on any atom is 0.280 e. The number of nitrogens with zero attached hydrogens (tertiary/aromatic N) is 3. The maximum atomic E-state index is 12.1. The van der Waals surface area contributed by atoms with E-state index in [-0.39, 0.29) is 17.5 Å². The van der Waals surface area contributed by atoms with Crippen LogP contribution in [0, 0.1) is 0 Å². The fourth-order valence-electron chi connectivity index (χ4n) is 2.04. The Hall–Kier alpha value is -2.87. The van der Waals surface area contributed by atoms with Gasteiger partial charge in [-0.2, -0.15) is 0 Å². The summed E-state index contributed by atoms with van der Waals surface area (Å²) in [5, 5.41) is 5.98. The first-order chi connectivity index (χ1) is 11.7. The van der Waals surface area contributed by atoms with Crippen LogP contribution in [0.15, 0.2) is 42.9 Å². The van der Waals surface area contributed by atoms with E-state index in [1.165, 1.54) is 29.9 Å². The van der Waals surface area contributed by atoms with Gasteiger partial charge in [-0.1, -0.05) is 12.1 Å². The van der Waals surface area contributed by atoms with E-state index < -0.39 is 0 Å². The summed E-state index contributed by atoms with van der Waals surface area (Å²) in [6.45, 7) is 0.894. The lowest BCUT2D eigenvalue weighted by Crippen LogP contribution is -2.30. The van der Waals surface area contributed by atoms with Crippen molar-refractivity contribution in [3.63, 3.8) is 0 Å². The highest BCUT2D eigenvalue weighted by Gasteiger charge is 2.11. The molecule has 0 spiro atoms. The SMILES string of the molecule is O=C(NCCCNC(=O)c1nc2ccccc2s1)c1cnccn1. The lowest BCUT2D eigenvalue weighted by Gasteiger charge is -2.05. The van der Waals surface area contributed by atoms with Crippen LogP contribution in [0.4, 0.5) is 0 Å². The van der Waals surface area contributed by atoms with E-state index in [4.69, 9.17) is 0 Å². The van der Waals surface area contributed by atoms with Crippen molar-refractivity contribution in [2.45, 2.75) is 6.42 Å². The second-order valence-corrected chi connectivity index (χ2v) is 5.97. The summed E-state index contributed by atoms with van der Waals surface area (Å²) in [6, 6.07) is 7.63.